The van der Waals surface area contributed by atoms with Gasteiger partial charge in [-0.1, -0.05) is 35.3 Å². The van der Waals surface area contributed by atoms with Gasteiger partial charge in [0.15, 0.2) is 0 Å². The predicted octanol–water partition coefficient (Wildman–Crippen LogP) is 7.06. The SMILES string of the molecule is Clc1ccc2nc(NC[C@@H]3CCNC3)cnc2c1.O=C(c1ccccc1OC(F)(F)F)N1CC[C@@H](CNc2cnc3cc(Cl)ccc3n2)C1. The third kappa shape index (κ3) is 9.37. The van der Waals surface area contributed by atoms with Crippen LogP contribution < -0.4 is 20.7 Å². The Kier molecular flexibility index (Phi) is 10.8. The molecule has 2 aromatic heterocycles. The number of carbonyl (C=O) groups excluding carboxylic acids is 1. The van der Waals surface area contributed by atoms with E-state index < -0.39 is 18.0 Å². The molecule has 15 heteroatoms. The summed E-state index contributed by atoms with van der Waals surface area (Å²) in [6, 6.07) is 16.2. The van der Waals surface area contributed by atoms with Gasteiger partial charge >= 0.3 is 6.36 Å². The fraction of sp³-hybridized carbons (Fsp3) is 0.324. The molecule has 0 radical (unpaired) electrons. The van der Waals surface area contributed by atoms with Crippen molar-refractivity contribution in [1.29, 1.82) is 0 Å². The first-order chi connectivity index (χ1) is 23.6. The van der Waals surface area contributed by atoms with Crippen molar-refractivity contribution in [1.82, 2.24) is 30.2 Å². The van der Waals surface area contributed by atoms with Gasteiger partial charge in [-0.05, 0) is 86.3 Å². The number of rotatable bonds is 8. The van der Waals surface area contributed by atoms with Crippen molar-refractivity contribution in [3.63, 3.8) is 0 Å². The Labute approximate surface area is 290 Å². The fourth-order valence-electron chi connectivity index (χ4n) is 5.74. The number of aromatic nitrogens is 4. The number of hydrogen-bond acceptors (Lipinski definition) is 9. The van der Waals surface area contributed by atoms with Crippen LogP contribution in [0.15, 0.2) is 73.1 Å². The summed E-state index contributed by atoms with van der Waals surface area (Å²) in [4.78, 5) is 32.0. The van der Waals surface area contributed by atoms with E-state index in [0.717, 1.165) is 49.0 Å². The summed E-state index contributed by atoms with van der Waals surface area (Å²) >= 11 is 11.9. The molecule has 10 nitrogen and oxygen atoms in total. The van der Waals surface area contributed by atoms with Gasteiger partial charge in [0.2, 0.25) is 0 Å². The number of nitrogens with zero attached hydrogens (tertiary/aromatic N) is 5. The summed E-state index contributed by atoms with van der Waals surface area (Å²) < 4.78 is 41.9. The summed E-state index contributed by atoms with van der Waals surface area (Å²) in [7, 11) is 0. The van der Waals surface area contributed by atoms with Crippen molar-refractivity contribution >= 4 is 62.8 Å². The second kappa shape index (κ2) is 15.4. The van der Waals surface area contributed by atoms with E-state index in [1.165, 1.54) is 24.6 Å². The van der Waals surface area contributed by atoms with Crippen LogP contribution in [0.3, 0.4) is 0 Å². The number of nitrogens with one attached hydrogen (secondary N) is 3. The van der Waals surface area contributed by atoms with Gasteiger partial charge in [-0.15, -0.1) is 13.2 Å². The van der Waals surface area contributed by atoms with Crippen LogP contribution >= 0.6 is 23.2 Å². The Balaban J connectivity index is 0.000000195. The van der Waals surface area contributed by atoms with Crippen molar-refractivity contribution < 1.29 is 22.7 Å². The lowest BCUT2D eigenvalue weighted by Gasteiger charge is -2.19. The number of alkyl halides is 3. The second-order valence-electron chi connectivity index (χ2n) is 11.8. The molecule has 2 atom stereocenters. The van der Waals surface area contributed by atoms with Gasteiger partial charge < -0.3 is 25.6 Å². The lowest BCUT2D eigenvalue weighted by atomic mass is 10.1. The van der Waals surface area contributed by atoms with E-state index in [1.807, 2.05) is 18.2 Å². The molecule has 0 unspecified atom stereocenters. The molecule has 1 amide bonds. The third-order valence-electron chi connectivity index (χ3n) is 8.23. The van der Waals surface area contributed by atoms with Crippen LogP contribution in [0, 0.1) is 11.8 Å². The number of halogens is 5. The van der Waals surface area contributed by atoms with Crippen LogP contribution in [-0.4, -0.2) is 76.4 Å². The first-order valence-electron chi connectivity index (χ1n) is 15.8. The average molecular weight is 714 g/mol. The fourth-order valence-corrected chi connectivity index (χ4v) is 6.07. The van der Waals surface area contributed by atoms with Crippen LogP contribution in [0.1, 0.15) is 23.2 Å². The molecule has 2 aliphatic rings. The third-order valence-corrected chi connectivity index (χ3v) is 8.70. The summed E-state index contributed by atoms with van der Waals surface area (Å²) in [5.41, 5.74) is 2.99. The molecule has 7 rings (SSSR count). The van der Waals surface area contributed by atoms with Gasteiger partial charge in [0.25, 0.3) is 5.91 Å². The first kappa shape index (κ1) is 34.4. The van der Waals surface area contributed by atoms with E-state index in [4.69, 9.17) is 23.2 Å². The van der Waals surface area contributed by atoms with E-state index in [0.29, 0.717) is 52.4 Å². The minimum atomic E-state index is -4.86. The Morgan fingerprint density at radius 1 is 0.857 bits per heavy atom. The summed E-state index contributed by atoms with van der Waals surface area (Å²) in [6.45, 7) is 4.58. The second-order valence-corrected chi connectivity index (χ2v) is 12.7. The minimum Gasteiger partial charge on any atom is -0.405 e. The molecular weight excluding hydrogens is 680 g/mol. The quantitative estimate of drug-likeness (QED) is 0.155. The molecule has 256 valence electrons. The average Bonchev–Trinajstić information content (AvgIpc) is 3.79. The van der Waals surface area contributed by atoms with Crippen LogP contribution in [0.5, 0.6) is 5.75 Å². The molecule has 3 N–H and O–H groups in total. The van der Waals surface area contributed by atoms with Crippen molar-refractivity contribution in [2.45, 2.75) is 19.2 Å². The number of fused-ring (bicyclic) bond motifs is 2. The lowest BCUT2D eigenvalue weighted by Crippen LogP contribution is -2.30. The molecule has 2 saturated heterocycles. The van der Waals surface area contributed by atoms with Gasteiger partial charge in [-0.2, -0.15) is 0 Å². The molecule has 0 bridgehead atoms. The van der Waals surface area contributed by atoms with Crippen LogP contribution in [0.2, 0.25) is 10.0 Å². The minimum absolute atomic E-state index is 0.104. The van der Waals surface area contributed by atoms with E-state index in [-0.39, 0.29) is 11.5 Å². The Morgan fingerprint density at radius 2 is 1.47 bits per heavy atom. The molecular formula is C34H33Cl2F3N8O2. The normalized spacial score (nSPS) is 17.5. The van der Waals surface area contributed by atoms with Gasteiger partial charge in [0, 0.05) is 36.2 Å². The zero-order valence-corrected chi connectivity index (χ0v) is 27.7. The molecule has 0 saturated carbocycles. The first-order valence-corrected chi connectivity index (χ1v) is 16.5. The number of hydrogen-bond donors (Lipinski definition) is 3. The maximum absolute atomic E-state index is 12.8. The number of benzene rings is 3. The number of anilines is 2. The van der Waals surface area contributed by atoms with E-state index in [9.17, 15) is 18.0 Å². The Bertz CT molecular complexity index is 1930. The number of ether oxygens (including phenoxy) is 1. The highest BCUT2D eigenvalue weighted by molar-refractivity contribution is 6.31. The van der Waals surface area contributed by atoms with Gasteiger partial charge in [0.1, 0.15) is 17.4 Å². The Hall–Kier alpha value is -4.46. The molecule has 5 aromatic rings. The van der Waals surface area contributed by atoms with E-state index >= 15 is 0 Å². The molecule has 0 aliphatic carbocycles. The highest BCUT2D eigenvalue weighted by Gasteiger charge is 2.34. The number of likely N-dealkylation sites (tertiary alicyclic amines) is 1. The summed E-state index contributed by atoms with van der Waals surface area (Å²) in [6.07, 6.45) is 0.462. The zero-order valence-electron chi connectivity index (χ0n) is 26.2. The largest absolute Gasteiger partial charge is 0.573 e. The van der Waals surface area contributed by atoms with E-state index in [2.05, 4.69) is 40.6 Å². The van der Waals surface area contributed by atoms with Crippen LogP contribution in [-0.2, 0) is 0 Å². The van der Waals surface area contributed by atoms with Crippen molar-refractivity contribution in [2.24, 2.45) is 11.8 Å². The topological polar surface area (TPSA) is 117 Å². The van der Waals surface area contributed by atoms with Crippen LogP contribution in [0.25, 0.3) is 22.1 Å². The summed E-state index contributed by atoms with van der Waals surface area (Å²) in [5.74, 6) is 1.27. The molecule has 4 heterocycles. The molecule has 3 aromatic carbocycles. The maximum atomic E-state index is 12.8. The highest BCUT2D eigenvalue weighted by atomic mass is 35.5. The van der Waals surface area contributed by atoms with Gasteiger partial charge in [-0.3, -0.25) is 14.8 Å². The maximum Gasteiger partial charge on any atom is 0.573 e. The molecule has 2 fully saturated rings. The molecule has 0 spiro atoms. The monoisotopic (exact) mass is 712 g/mol. The van der Waals surface area contributed by atoms with Gasteiger partial charge in [0.05, 0.1) is 40.0 Å². The van der Waals surface area contributed by atoms with Crippen molar-refractivity contribution in [3.8, 4) is 5.75 Å². The molecule has 49 heavy (non-hydrogen) atoms. The molecule has 2 aliphatic heterocycles. The number of carbonyl (C=O) groups is 1. The van der Waals surface area contributed by atoms with Crippen LogP contribution in [0.4, 0.5) is 24.8 Å². The smallest absolute Gasteiger partial charge is 0.405 e. The highest BCUT2D eigenvalue weighted by Crippen LogP contribution is 2.29. The zero-order chi connectivity index (χ0) is 34.4. The van der Waals surface area contributed by atoms with Crippen molar-refractivity contribution in [2.75, 3.05) is 49.9 Å². The predicted molar refractivity (Wildman–Crippen MR) is 184 cm³/mol. The number of para-hydroxylation sites is 1. The number of amides is 1. The Morgan fingerprint density at radius 3 is 2.06 bits per heavy atom. The standard InChI is InChI=1S/C21H18ClF3N4O2.C13H15ClN4/c22-14-5-6-16-17(9-14)26-11-19(28-16)27-10-13-7-8-29(12-13)20(30)15-3-1-2-4-18(15)31-21(23,24)25;14-10-1-2-11-12(5-10)16-8-13(18-11)17-7-9-3-4-15-6-9/h1-6,9,11,13H,7-8,10,12H2,(H,27,28);1-2,5,8-9,15H,3-4,6-7H2,(H,17,18)/t13-;9-/m01/s1. The van der Waals surface area contributed by atoms with Crippen molar-refractivity contribution in [3.05, 3.63) is 88.7 Å². The van der Waals surface area contributed by atoms with E-state index in [1.54, 1.807) is 35.5 Å². The lowest BCUT2D eigenvalue weighted by molar-refractivity contribution is -0.274. The van der Waals surface area contributed by atoms with Gasteiger partial charge in [-0.25, -0.2) is 9.97 Å². The summed E-state index contributed by atoms with van der Waals surface area (Å²) in [5, 5.41) is 11.2.